The van der Waals surface area contributed by atoms with Crippen molar-refractivity contribution in [1.82, 2.24) is 0 Å². The minimum absolute atomic E-state index is 0.701. The Labute approximate surface area is 296 Å². The molecule has 240 valence electrons. The molecular weight excluding hydrogens is 623 g/mol. The van der Waals surface area contributed by atoms with E-state index in [1.165, 1.54) is 27.3 Å². The van der Waals surface area contributed by atoms with Crippen LogP contribution in [0.1, 0.15) is 0 Å². The maximum Gasteiger partial charge on any atom is 0.170 e. The van der Waals surface area contributed by atoms with E-state index >= 15 is 0 Å². The van der Waals surface area contributed by atoms with Crippen molar-refractivity contribution in [3.8, 4) is 45.3 Å². The lowest BCUT2D eigenvalue weighted by Gasteiger charge is -2.26. The van der Waals surface area contributed by atoms with Gasteiger partial charge in [-0.15, -0.1) is 0 Å². The summed E-state index contributed by atoms with van der Waals surface area (Å²) in [6.07, 6.45) is 0. The van der Waals surface area contributed by atoms with Gasteiger partial charge in [0.2, 0.25) is 0 Å². The lowest BCUT2D eigenvalue weighted by Crippen LogP contribution is -2.09. The van der Waals surface area contributed by atoms with Gasteiger partial charge in [-0.05, 0) is 116 Å². The Morgan fingerprint density at radius 1 is 0.314 bits per heavy atom. The molecule has 0 fully saturated rings. The minimum atomic E-state index is 0.701. The van der Waals surface area contributed by atoms with Crippen molar-refractivity contribution < 1.29 is 9.47 Å². The van der Waals surface area contributed by atoms with Crippen molar-refractivity contribution in [1.29, 1.82) is 0 Å². The van der Waals surface area contributed by atoms with Gasteiger partial charge in [-0.3, -0.25) is 0 Å². The van der Waals surface area contributed by atoms with Gasteiger partial charge in [0.1, 0.15) is 11.5 Å². The Balaban J connectivity index is 1.02. The summed E-state index contributed by atoms with van der Waals surface area (Å²) in [6, 6.07) is 66.3. The summed E-state index contributed by atoms with van der Waals surface area (Å²) in [4.78, 5) is 2.32. The number of fused-ring (bicyclic) bond motifs is 3. The quantitative estimate of drug-likeness (QED) is 0.184. The van der Waals surface area contributed by atoms with E-state index in [1.54, 1.807) is 0 Å². The van der Waals surface area contributed by atoms with Crippen LogP contribution in [0.25, 0.3) is 54.6 Å². The van der Waals surface area contributed by atoms with Crippen LogP contribution in [0.4, 0.5) is 17.1 Å². The molecule has 51 heavy (non-hydrogen) atoms. The zero-order chi connectivity index (χ0) is 33.7. The number of para-hydroxylation sites is 1. The van der Waals surface area contributed by atoms with Gasteiger partial charge >= 0.3 is 0 Å². The summed E-state index contributed by atoms with van der Waals surface area (Å²) < 4.78 is 12.9. The third-order valence-corrected chi connectivity index (χ3v) is 9.87. The smallest absolute Gasteiger partial charge is 0.170 e. The largest absolute Gasteiger partial charge is 0.453 e. The highest BCUT2D eigenvalue weighted by molar-refractivity contribution is 5.98. The first-order valence-electron chi connectivity index (χ1n) is 17.2. The fourth-order valence-corrected chi connectivity index (χ4v) is 7.38. The van der Waals surface area contributed by atoms with E-state index in [1.807, 2.05) is 30.3 Å². The molecule has 0 unspecified atom stereocenters. The Morgan fingerprint density at radius 2 is 0.922 bits per heavy atom. The van der Waals surface area contributed by atoms with Gasteiger partial charge in [0.05, 0.1) is 5.39 Å². The lowest BCUT2D eigenvalue weighted by atomic mass is 9.98. The summed E-state index contributed by atoms with van der Waals surface area (Å²) in [5, 5.41) is 6.92. The molecule has 0 aromatic heterocycles. The molecule has 0 spiro atoms. The molecule has 10 rings (SSSR count). The van der Waals surface area contributed by atoms with E-state index in [4.69, 9.17) is 9.47 Å². The molecule has 0 radical (unpaired) electrons. The minimum Gasteiger partial charge on any atom is -0.453 e. The average molecular weight is 654 g/mol. The van der Waals surface area contributed by atoms with Crippen LogP contribution in [-0.2, 0) is 0 Å². The summed E-state index contributed by atoms with van der Waals surface area (Å²) >= 11 is 0. The summed E-state index contributed by atoms with van der Waals surface area (Å²) in [6.45, 7) is 0. The Morgan fingerprint density at radius 3 is 1.76 bits per heavy atom. The predicted octanol–water partition coefficient (Wildman–Crippen LogP) is 13.8. The second-order valence-corrected chi connectivity index (χ2v) is 13.0. The molecule has 0 saturated heterocycles. The van der Waals surface area contributed by atoms with Gasteiger partial charge in [0.15, 0.2) is 11.5 Å². The fourth-order valence-electron chi connectivity index (χ4n) is 7.38. The molecule has 1 aliphatic heterocycles. The Kier molecular flexibility index (Phi) is 6.81. The molecule has 9 aromatic carbocycles. The number of anilines is 3. The van der Waals surface area contributed by atoms with Crippen molar-refractivity contribution in [2.45, 2.75) is 0 Å². The topological polar surface area (TPSA) is 21.7 Å². The first-order chi connectivity index (χ1) is 25.2. The van der Waals surface area contributed by atoms with Crippen LogP contribution in [0.2, 0.25) is 0 Å². The third kappa shape index (κ3) is 5.15. The van der Waals surface area contributed by atoms with E-state index < -0.39 is 0 Å². The molecule has 0 aliphatic carbocycles. The van der Waals surface area contributed by atoms with Gasteiger partial charge in [-0.25, -0.2) is 0 Å². The van der Waals surface area contributed by atoms with Gasteiger partial charge in [-0.2, -0.15) is 0 Å². The zero-order valence-corrected chi connectivity index (χ0v) is 27.7. The van der Waals surface area contributed by atoms with E-state index in [9.17, 15) is 0 Å². The molecule has 1 heterocycles. The lowest BCUT2D eigenvalue weighted by molar-refractivity contribution is 0.439. The van der Waals surface area contributed by atoms with Crippen LogP contribution in [-0.4, -0.2) is 0 Å². The number of benzene rings is 9. The predicted molar refractivity (Wildman–Crippen MR) is 211 cm³/mol. The summed E-state index contributed by atoms with van der Waals surface area (Å²) in [7, 11) is 0. The van der Waals surface area contributed by atoms with Gasteiger partial charge in [0.25, 0.3) is 0 Å². The van der Waals surface area contributed by atoms with E-state index in [-0.39, 0.29) is 0 Å². The van der Waals surface area contributed by atoms with Crippen LogP contribution in [0.5, 0.6) is 23.0 Å². The number of hydrogen-bond donors (Lipinski definition) is 0. The Bertz CT molecular complexity index is 2740. The standard InChI is InChI=1S/C48H31NO2/c1-2-13-39(14-3-1)49(40-25-22-34(23-26-40)43-16-6-10-33-9-4-5-15-42(33)43)41-27-21-32-19-20-36(29-38(32)30-41)37-24-28-44-47(31-37)51-46-18-8-12-35-11-7-17-45(50-44)48(35)46/h1-31H. The van der Waals surface area contributed by atoms with Crippen molar-refractivity contribution >= 4 is 49.4 Å². The number of ether oxygens (including phenoxy) is 2. The molecule has 0 saturated carbocycles. The first-order valence-corrected chi connectivity index (χ1v) is 17.2. The number of rotatable bonds is 5. The highest BCUT2D eigenvalue weighted by Crippen LogP contribution is 2.47. The maximum atomic E-state index is 6.50. The second kappa shape index (κ2) is 11.9. The van der Waals surface area contributed by atoms with E-state index in [0.717, 1.165) is 55.8 Å². The van der Waals surface area contributed by atoms with Crippen molar-refractivity contribution in [3.05, 3.63) is 188 Å². The van der Waals surface area contributed by atoms with Crippen LogP contribution >= 0.6 is 0 Å². The van der Waals surface area contributed by atoms with E-state index in [0.29, 0.717) is 11.5 Å². The number of hydrogen-bond acceptors (Lipinski definition) is 3. The van der Waals surface area contributed by atoms with Gasteiger partial charge < -0.3 is 14.4 Å². The van der Waals surface area contributed by atoms with Crippen LogP contribution in [0, 0.1) is 0 Å². The molecule has 0 atom stereocenters. The molecular formula is C48H31NO2. The molecule has 3 nitrogen and oxygen atoms in total. The number of nitrogens with zero attached hydrogens (tertiary/aromatic N) is 1. The Hall–Kier alpha value is -6.84. The van der Waals surface area contributed by atoms with Crippen molar-refractivity contribution in [2.75, 3.05) is 4.90 Å². The molecule has 3 heteroatoms. The van der Waals surface area contributed by atoms with Crippen LogP contribution in [0.15, 0.2) is 188 Å². The normalized spacial score (nSPS) is 11.8. The van der Waals surface area contributed by atoms with E-state index in [2.05, 4.69) is 163 Å². The average Bonchev–Trinajstić information content (AvgIpc) is 3.35. The molecule has 9 aromatic rings. The highest BCUT2D eigenvalue weighted by Gasteiger charge is 2.20. The highest BCUT2D eigenvalue weighted by atomic mass is 16.5. The molecule has 0 amide bonds. The molecule has 1 aliphatic rings. The van der Waals surface area contributed by atoms with Crippen LogP contribution < -0.4 is 14.4 Å². The summed E-state index contributed by atoms with van der Waals surface area (Å²) in [5.41, 5.74) is 7.89. The fraction of sp³-hybridized carbons (Fsp3) is 0. The SMILES string of the molecule is c1ccc(N(c2ccc(-c3cccc4ccccc34)cc2)c2ccc3ccc(-c4ccc5c(c4)Oc4cccc6cccc(c46)O5)cc3c2)cc1. The van der Waals surface area contributed by atoms with Crippen molar-refractivity contribution in [3.63, 3.8) is 0 Å². The molecule has 0 N–H and O–H groups in total. The first kappa shape index (κ1) is 29.1. The van der Waals surface area contributed by atoms with Gasteiger partial charge in [0, 0.05) is 17.1 Å². The molecule has 0 bridgehead atoms. The summed E-state index contributed by atoms with van der Waals surface area (Å²) in [5.74, 6) is 3.01. The maximum absolute atomic E-state index is 6.50. The van der Waals surface area contributed by atoms with Crippen LogP contribution in [0.3, 0.4) is 0 Å². The second-order valence-electron chi connectivity index (χ2n) is 13.0. The third-order valence-electron chi connectivity index (χ3n) is 9.87. The van der Waals surface area contributed by atoms with Crippen molar-refractivity contribution in [2.24, 2.45) is 0 Å². The van der Waals surface area contributed by atoms with Gasteiger partial charge in [-0.1, -0.05) is 121 Å². The zero-order valence-electron chi connectivity index (χ0n) is 27.7. The monoisotopic (exact) mass is 653 g/mol.